The van der Waals surface area contributed by atoms with Gasteiger partial charge in [-0.3, -0.25) is 0 Å². The Morgan fingerprint density at radius 1 is 0.618 bits per heavy atom. The van der Waals surface area contributed by atoms with Gasteiger partial charge < -0.3 is 9.47 Å². The molecule has 34 heavy (non-hydrogen) atoms. The molecule has 0 saturated heterocycles. The van der Waals surface area contributed by atoms with Crippen molar-refractivity contribution in [2.24, 2.45) is 0 Å². The molecule has 4 aromatic rings. The van der Waals surface area contributed by atoms with E-state index in [9.17, 15) is 0 Å². The molecule has 0 aliphatic rings. The summed E-state index contributed by atoms with van der Waals surface area (Å²) >= 11 is 5.75. The van der Waals surface area contributed by atoms with Crippen LogP contribution in [-0.4, -0.2) is 12.5 Å². The summed E-state index contributed by atoms with van der Waals surface area (Å²) in [6, 6.07) is 37.2. The average Bonchev–Trinajstić information content (AvgIpc) is 2.91. The first kappa shape index (κ1) is 23.7. The Kier molecular flexibility index (Phi) is 8.82. The third-order valence-corrected chi connectivity index (χ3v) is 5.75. The summed E-state index contributed by atoms with van der Waals surface area (Å²) in [6.07, 6.45) is 4.15. The first-order chi connectivity index (χ1) is 16.8. The third kappa shape index (κ3) is 7.00. The van der Waals surface area contributed by atoms with E-state index in [1.807, 2.05) is 48.5 Å². The predicted molar refractivity (Wildman–Crippen MR) is 143 cm³/mol. The smallest absolute Gasteiger partial charge is 0.119 e. The van der Waals surface area contributed by atoms with E-state index in [4.69, 9.17) is 21.1 Å². The van der Waals surface area contributed by atoms with Crippen LogP contribution in [0.1, 0.15) is 35.1 Å². The highest BCUT2D eigenvalue weighted by molar-refractivity contribution is 6.17. The second kappa shape index (κ2) is 12.7. The lowest BCUT2D eigenvalue weighted by molar-refractivity contribution is 0.306. The second-order valence-electron chi connectivity index (χ2n) is 8.04. The Bertz CT molecular complexity index is 1150. The molecule has 2 nitrogen and oxygen atoms in total. The van der Waals surface area contributed by atoms with E-state index in [2.05, 4.69) is 66.7 Å². The van der Waals surface area contributed by atoms with Crippen LogP contribution in [0.2, 0.25) is 0 Å². The van der Waals surface area contributed by atoms with Gasteiger partial charge in [-0.25, -0.2) is 0 Å². The highest BCUT2D eigenvalue weighted by atomic mass is 35.5. The summed E-state index contributed by atoms with van der Waals surface area (Å²) in [5, 5.41) is 0. The van der Waals surface area contributed by atoms with Gasteiger partial charge in [0.2, 0.25) is 0 Å². The SMILES string of the molecule is ClCCCCOc1ccc(C(=Cc2ccccc2)c2ccc(OCc3ccccc3)cc2)cc1. The zero-order valence-electron chi connectivity index (χ0n) is 19.2. The quantitative estimate of drug-likeness (QED) is 0.125. The van der Waals surface area contributed by atoms with Gasteiger partial charge in [0.05, 0.1) is 6.61 Å². The Hall–Kier alpha value is -3.49. The summed E-state index contributed by atoms with van der Waals surface area (Å²) in [5.74, 6) is 2.40. The molecule has 4 rings (SSSR count). The fraction of sp³-hybridized carbons (Fsp3) is 0.161. The van der Waals surface area contributed by atoms with Crippen LogP contribution in [0.4, 0.5) is 0 Å². The van der Waals surface area contributed by atoms with Gasteiger partial charge in [-0.1, -0.05) is 84.9 Å². The molecule has 3 heteroatoms. The lowest BCUT2D eigenvalue weighted by Gasteiger charge is -2.12. The third-order valence-electron chi connectivity index (χ3n) is 5.49. The van der Waals surface area contributed by atoms with Crippen molar-refractivity contribution in [2.45, 2.75) is 19.4 Å². The number of hydrogen-bond donors (Lipinski definition) is 0. The van der Waals surface area contributed by atoms with Gasteiger partial charge in [0, 0.05) is 5.88 Å². The van der Waals surface area contributed by atoms with E-state index in [1.54, 1.807) is 0 Å². The largest absolute Gasteiger partial charge is 0.494 e. The number of rotatable bonds is 11. The molecular weight excluding hydrogens is 440 g/mol. The van der Waals surface area contributed by atoms with E-state index < -0.39 is 0 Å². The molecule has 0 spiro atoms. The molecule has 0 aromatic heterocycles. The van der Waals surface area contributed by atoms with E-state index in [0.29, 0.717) is 19.1 Å². The van der Waals surface area contributed by atoms with Crippen molar-refractivity contribution < 1.29 is 9.47 Å². The lowest BCUT2D eigenvalue weighted by atomic mass is 9.95. The number of hydrogen-bond acceptors (Lipinski definition) is 2. The zero-order valence-corrected chi connectivity index (χ0v) is 20.0. The standard InChI is InChI=1S/C31H29ClO2/c32-21-7-8-22-33-29-17-13-27(14-18-29)31(23-25-9-3-1-4-10-25)28-15-19-30(20-16-28)34-24-26-11-5-2-6-12-26/h1-6,9-20,23H,7-8,21-22,24H2. The maximum absolute atomic E-state index is 5.98. The van der Waals surface area contributed by atoms with E-state index in [0.717, 1.165) is 52.2 Å². The highest BCUT2D eigenvalue weighted by Crippen LogP contribution is 2.29. The number of unbranched alkanes of at least 4 members (excludes halogenated alkanes) is 1. The molecule has 0 N–H and O–H groups in total. The molecular formula is C31H29ClO2. The van der Waals surface area contributed by atoms with Crippen molar-refractivity contribution in [1.82, 2.24) is 0 Å². The predicted octanol–water partition coefficient (Wildman–Crippen LogP) is 8.25. The van der Waals surface area contributed by atoms with Crippen LogP contribution in [0.15, 0.2) is 109 Å². The normalized spacial score (nSPS) is 11.3. The van der Waals surface area contributed by atoms with Crippen molar-refractivity contribution in [3.05, 3.63) is 131 Å². The van der Waals surface area contributed by atoms with Crippen molar-refractivity contribution in [1.29, 1.82) is 0 Å². The van der Waals surface area contributed by atoms with Crippen molar-refractivity contribution in [3.63, 3.8) is 0 Å². The monoisotopic (exact) mass is 468 g/mol. The van der Waals surface area contributed by atoms with Crippen molar-refractivity contribution in [3.8, 4) is 11.5 Å². The van der Waals surface area contributed by atoms with E-state index in [1.165, 1.54) is 0 Å². The minimum absolute atomic E-state index is 0.555. The van der Waals surface area contributed by atoms with Crippen LogP contribution >= 0.6 is 11.6 Å². The lowest BCUT2D eigenvalue weighted by Crippen LogP contribution is -1.98. The summed E-state index contributed by atoms with van der Waals surface area (Å²) in [5.41, 5.74) is 5.72. The zero-order chi connectivity index (χ0) is 23.4. The van der Waals surface area contributed by atoms with Gasteiger partial charge in [0.15, 0.2) is 0 Å². The first-order valence-corrected chi connectivity index (χ1v) is 12.2. The average molecular weight is 469 g/mol. The molecule has 0 radical (unpaired) electrons. The van der Waals surface area contributed by atoms with Crippen LogP contribution in [0.25, 0.3) is 11.6 Å². The molecule has 0 aliphatic carbocycles. The van der Waals surface area contributed by atoms with Crippen LogP contribution in [0, 0.1) is 0 Å². The summed E-state index contributed by atoms with van der Waals surface area (Å²) in [7, 11) is 0. The van der Waals surface area contributed by atoms with Crippen LogP contribution < -0.4 is 9.47 Å². The fourth-order valence-corrected chi connectivity index (χ4v) is 3.83. The number of alkyl halides is 1. The Balaban J connectivity index is 1.53. The van der Waals surface area contributed by atoms with E-state index >= 15 is 0 Å². The van der Waals surface area contributed by atoms with Gasteiger partial charge in [-0.05, 0) is 71.0 Å². The van der Waals surface area contributed by atoms with Crippen molar-refractivity contribution >= 4 is 23.3 Å². The minimum atomic E-state index is 0.555. The minimum Gasteiger partial charge on any atom is -0.494 e. The van der Waals surface area contributed by atoms with Crippen LogP contribution in [-0.2, 0) is 6.61 Å². The van der Waals surface area contributed by atoms with Gasteiger partial charge in [-0.15, -0.1) is 11.6 Å². The number of ether oxygens (including phenoxy) is 2. The van der Waals surface area contributed by atoms with Crippen molar-refractivity contribution in [2.75, 3.05) is 12.5 Å². The summed E-state index contributed by atoms with van der Waals surface area (Å²) in [4.78, 5) is 0. The Labute approximate surface area is 207 Å². The molecule has 0 fully saturated rings. The maximum Gasteiger partial charge on any atom is 0.119 e. The molecule has 0 heterocycles. The molecule has 0 unspecified atom stereocenters. The molecule has 0 saturated carbocycles. The highest BCUT2D eigenvalue weighted by Gasteiger charge is 2.08. The van der Waals surface area contributed by atoms with Gasteiger partial charge >= 0.3 is 0 Å². The van der Waals surface area contributed by atoms with Crippen LogP contribution in [0.5, 0.6) is 11.5 Å². The first-order valence-electron chi connectivity index (χ1n) is 11.6. The van der Waals surface area contributed by atoms with Crippen LogP contribution in [0.3, 0.4) is 0 Å². The topological polar surface area (TPSA) is 18.5 Å². The molecule has 172 valence electrons. The molecule has 0 bridgehead atoms. The second-order valence-corrected chi connectivity index (χ2v) is 8.41. The summed E-state index contributed by atoms with van der Waals surface area (Å²) < 4.78 is 11.8. The molecule has 0 aliphatic heterocycles. The molecule has 0 atom stereocenters. The maximum atomic E-state index is 5.98. The Morgan fingerprint density at radius 3 is 1.76 bits per heavy atom. The Morgan fingerprint density at radius 2 is 1.18 bits per heavy atom. The van der Waals surface area contributed by atoms with E-state index in [-0.39, 0.29) is 0 Å². The number of benzene rings is 4. The van der Waals surface area contributed by atoms with Gasteiger partial charge in [-0.2, -0.15) is 0 Å². The molecule has 0 amide bonds. The molecule has 4 aromatic carbocycles. The fourth-order valence-electron chi connectivity index (χ4n) is 3.64. The number of halogens is 1. The van der Waals surface area contributed by atoms with Gasteiger partial charge in [0.25, 0.3) is 0 Å². The van der Waals surface area contributed by atoms with Gasteiger partial charge in [0.1, 0.15) is 18.1 Å². The summed E-state index contributed by atoms with van der Waals surface area (Å²) in [6.45, 7) is 1.24.